The molecule has 1 aliphatic carbocycles. The van der Waals surface area contributed by atoms with E-state index < -0.39 is 0 Å². The van der Waals surface area contributed by atoms with Crippen LogP contribution in [0.4, 0.5) is 11.6 Å². The van der Waals surface area contributed by atoms with Crippen molar-refractivity contribution in [1.29, 1.82) is 0 Å². The Morgan fingerprint density at radius 2 is 1.91 bits per heavy atom. The molecule has 0 radical (unpaired) electrons. The SMILES string of the molecule is CNC(=O)c1ccc(Nc2nc(OC3CCCC3)c3c(-c4ccncc4)c[nH]c3n2)c(OC)c1. The second-order valence-corrected chi connectivity index (χ2v) is 8.16. The van der Waals surface area contributed by atoms with Gasteiger partial charge in [-0.05, 0) is 61.6 Å². The van der Waals surface area contributed by atoms with Crippen molar-refractivity contribution in [3.05, 3.63) is 54.5 Å². The lowest BCUT2D eigenvalue weighted by Crippen LogP contribution is -2.17. The van der Waals surface area contributed by atoms with Crippen molar-refractivity contribution in [2.24, 2.45) is 0 Å². The summed E-state index contributed by atoms with van der Waals surface area (Å²) in [4.78, 5) is 28.8. The number of benzene rings is 1. The number of fused-ring (bicyclic) bond motifs is 1. The van der Waals surface area contributed by atoms with Crippen molar-refractivity contribution >= 4 is 28.6 Å². The van der Waals surface area contributed by atoms with Crippen LogP contribution >= 0.6 is 0 Å². The number of methoxy groups -OCH3 is 1. The number of H-pyrrole nitrogens is 1. The fourth-order valence-corrected chi connectivity index (χ4v) is 4.26. The summed E-state index contributed by atoms with van der Waals surface area (Å²) in [5.74, 6) is 1.22. The Morgan fingerprint density at radius 3 is 2.65 bits per heavy atom. The van der Waals surface area contributed by atoms with Gasteiger partial charge < -0.3 is 25.1 Å². The first-order chi connectivity index (χ1) is 16.7. The third-order valence-corrected chi connectivity index (χ3v) is 6.01. The van der Waals surface area contributed by atoms with Crippen LogP contribution < -0.4 is 20.1 Å². The highest BCUT2D eigenvalue weighted by Gasteiger charge is 2.22. The highest BCUT2D eigenvalue weighted by molar-refractivity contribution is 5.98. The summed E-state index contributed by atoms with van der Waals surface area (Å²) in [6.45, 7) is 0. The number of nitrogens with zero attached hydrogens (tertiary/aromatic N) is 3. The summed E-state index contributed by atoms with van der Waals surface area (Å²) in [5.41, 5.74) is 3.77. The zero-order valence-corrected chi connectivity index (χ0v) is 19.1. The van der Waals surface area contributed by atoms with Crippen molar-refractivity contribution in [3.63, 3.8) is 0 Å². The van der Waals surface area contributed by atoms with Crippen LogP contribution in [0.25, 0.3) is 22.2 Å². The van der Waals surface area contributed by atoms with E-state index in [-0.39, 0.29) is 12.0 Å². The van der Waals surface area contributed by atoms with Gasteiger partial charge in [0, 0.05) is 36.8 Å². The summed E-state index contributed by atoms with van der Waals surface area (Å²) < 4.78 is 11.9. The van der Waals surface area contributed by atoms with E-state index in [1.54, 1.807) is 44.8 Å². The van der Waals surface area contributed by atoms with Crippen LogP contribution in [0.3, 0.4) is 0 Å². The summed E-state index contributed by atoms with van der Waals surface area (Å²) in [6.07, 6.45) is 9.91. The quantitative estimate of drug-likeness (QED) is 0.375. The lowest BCUT2D eigenvalue weighted by atomic mass is 10.1. The van der Waals surface area contributed by atoms with Gasteiger partial charge in [-0.15, -0.1) is 0 Å². The lowest BCUT2D eigenvalue weighted by Gasteiger charge is -2.16. The summed E-state index contributed by atoms with van der Waals surface area (Å²) >= 11 is 0. The Kier molecular flexibility index (Phi) is 5.99. The first-order valence-corrected chi connectivity index (χ1v) is 11.3. The molecule has 9 heteroatoms. The summed E-state index contributed by atoms with van der Waals surface area (Å²) in [6, 6.07) is 9.06. The van der Waals surface area contributed by atoms with Gasteiger partial charge in [0.25, 0.3) is 5.91 Å². The number of carbonyl (C=O) groups is 1. The summed E-state index contributed by atoms with van der Waals surface area (Å²) in [7, 11) is 3.14. The second-order valence-electron chi connectivity index (χ2n) is 8.16. The predicted molar refractivity (Wildman–Crippen MR) is 130 cm³/mol. The Hall–Kier alpha value is -4.14. The van der Waals surface area contributed by atoms with Crippen LogP contribution in [0.2, 0.25) is 0 Å². The number of ether oxygens (including phenoxy) is 2. The van der Waals surface area contributed by atoms with Crippen molar-refractivity contribution in [2.45, 2.75) is 31.8 Å². The molecule has 174 valence electrons. The van der Waals surface area contributed by atoms with Gasteiger partial charge >= 0.3 is 0 Å². The fraction of sp³-hybridized carbons (Fsp3) is 0.280. The number of carbonyl (C=O) groups excluding carboxylic acids is 1. The molecule has 3 heterocycles. The molecule has 1 aromatic carbocycles. The second kappa shape index (κ2) is 9.38. The smallest absolute Gasteiger partial charge is 0.251 e. The van der Waals surface area contributed by atoms with E-state index in [0.717, 1.165) is 42.2 Å². The van der Waals surface area contributed by atoms with Crippen LogP contribution in [0.5, 0.6) is 11.6 Å². The van der Waals surface area contributed by atoms with Gasteiger partial charge in [-0.1, -0.05) is 0 Å². The van der Waals surface area contributed by atoms with Crippen LogP contribution in [0.1, 0.15) is 36.0 Å². The Morgan fingerprint density at radius 1 is 1.12 bits per heavy atom. The molecule has 0 aliphatic heterocycles. The Labute approximate surface area is 196 Å². The number of amides is 1. The largest absolute Gasteiger partial charge is 0.495 e. The standard InChI is InChI=1S/C25H26N6O3/c1-26-23(32)16-7-8-19(20(13-16)33-2)29-25-30-22-21(24(31-25)34-17-5-3-4-6-17)18(14-28-22)15-9-11-27-12-10-15/h7-14,17H,3-6H2,1-2H3,(H,26,32)(H2,28,29,30,31). The van der Waals surface area contributed by atoms with Crippen molar-refractivity contribution < 1.29 is 14.3 Å². The molecule has 1 fully saturated rings. The van der Waals surface area contributed by atoms with E-state index in [1.165, 1.54) is 0 Å². The molecule has 1 amide bonds. The van der Waals surface area contributed by atoms with E-state index in [9.17, 15) is 4.79 Å². The Balaban J connectivity index is 1.55. The van der Waals surface area contributed by atoms with Crippen molar-refractivity contribution in [2.75, 3.05) is 19.5 Å². The molecule has 0 spiro atoms. The number of nitrogens with one attached hydrogen (secondary N) is 3. The molecule has 0 atom stereocenters. The monoisotopic (exact) mass is 458 g/mol. The fourth-order valence-electron chi connectivity index (χ4n) is 4.26. The maximum Gasteiger partial charge on any atom is 0.251 e. The van der Waals surface area contributed by atoms with E-state index >= 15 is 0 Å². The zero-order chi connectivity index (χ0) is 23.5. The van der Waals surface area contributed by atoms with Crippen LogP contribution in [-0.2, 0) is 0 Å². The molecular weight excluding hydrogens is 432 g/mol. The van der Waals surface area contributed by atoms with Gasteiger partial charge in [-0.3, -0.25) is 9.78 Å². The minimum absolute atomic E-state index is 0.132. The number of aromatic nitrogens is 4. The molecule has 0 bridgehead atoms. The Bertz CT molecular complexity index is 1320. The minimum atomic E-state index is -0.190. The van der Waals surface area contributed by atoms with Crippen LogP contribution in [0, 0.1) is 0 Å². The number of hydrogen-bond donors (Lipinski definition) is 3. The number of pyridine rings is 1. The third-order valence-electron chi connectivity index (χ3n) is 6.01. The van der Waals surface area contributed by atoms with E-state index in [4.69, 9.17) is 19.4 Å². The first kappa shape index (κ1) is 21.7. The summed E-state index contributed by atoms with van der Waals surface area (Å²) in [5, 5.41) is 6.68. The first-order valence-electron chi connectivity index (χ1n) is 11.3. The molecule has 3 aromatic heterocycles. The molecule has 5 rings (SSSR count). The molecule has 3 N–H and O–H groups in total. The number of aromatic amines is 1. The van der Waals surface area contributed by atoms with Gasteiger partial charge in [0.15, 0.2) is 0 Å². The highest BCUT2D eigenvalue weighted by atomic mass is 16.5. The predicted octanol–water partition coefficient (Wildman–Crippen LogP) is 4.45. The molecule has 4 aromatic rings. The average molecular weight is 459 g/mol. The van der Waals surface area contributed by atoms with Crippen LogP contribution in [0.15, 0.2) is 48.9 Å². The van der Waals surface area contributed by atoms with Gasteiger partial charge in [0.1, 0.15) is 17.5 Å². The highest BCUT2D eigenvalue weighted by Crippen LogP contribution is 2.37. The maximum atomic E-state index is 12.0. The van der Waals surface area contributed by atoms with Gasteiger partial charge in [-0.25, -0.2) is 0 Å². The molecule has 0 saturated heterocycles. The number of rotatable bonds is 7. The maximum absolute atomic E-state index is 12.0. The van der Waals surface area contributed by atoms with E-state index in [1.807, 2.05) is 18.3 Å². The van der Waals surface area contributed by atoms with Gasteiger partial charge in [0.05, 0.1) is 18.2 Å². The molecule has 0 unspecified atom stereocenters. The molecular formula is C25H26N6O3. The topological polar surface area (TPSA) is 114 Å². The van der Waals surface area contributed by atoms with Crippen molar-refractivity contribution in [1.82, 2.24) is 25.3 Å². The normalized spacial score (nSPS) is 13.7. The number of hydrogen-bond acceptors (Lipinski definition) is 7. The molecule has 9 nitrogen and oxygen atoms in total. The molecule has 1 aliphatic rings. The van der Waals surface area contributed by atoms with Gasteiger partial charge in [-0.2, -0.15) is 9.97 Å². The molecule has 34 heavy (non-hydrogen) atoms. The third kappa shape index (κ3) is 4.24. The molecule has 1 saturated carbocycles. The van der Waals surface area contributed by atoms with E-state index in [2.05, 4.69) is 20.6 Å². The van der Waals surface area contributed by atoms with Crippen LogP contribution in [-0.4, -0.2) is 46.1 Å². The number of anilines is 2. The lowest BCUT2D eigenvalue weighted by molar-refractivity contribution is 0.0963. The average Bonchev–Trinajstić information content (AvgIpc) is 3.54. The zero-order valence-electron chi connectivity index (χ0n) is 19.1. The van der Waals surface area contributed by atoms with Gasteiger partial charge in [0.2, 0.25) is 11.8 Å². The van der Waals surface area contributed by atoms with E-state index in [0.29, 0.717) is 34.5 Å². The van der Waals surface area contributed by atoms with Crippen molar-refractivity contribution in [3.8, 4) is 22.8 Å². The minimum Gasteiger partial charge on any atom is -0.495 e.